The van der Waals surface area contributed by atoms with Gasteiger partial charge in [-0.05, 0) is 0 Å². The molecule has 1 aliphatic heterocycles. The molecule has 9 heteroatoms. The number of carbonyl (C=O) groups excluding carboxylic acids is 1. The Morgan fingerprint density at radius 3 is 2.71 bits per heavy atom. The van der Waals surface area contributed by atoms with Crippen molar-refractivity contribution in [3.63, 3.8) is 0 Å². The zero-order valence-corrected chi connectivity index (χ0v) is 8.15. The van der Waals surface area contributed by atoms with Crippen LogP contribution in [0.25, 0.3) is 0 Å². The van der Waals surface area contributed by atoms with Gasteiger partial charge in [0.1, 0.15) is 0 Å². The fraction of sp³-hybridized carbons (Fsp3) is 0.375. The number of H-pyrrole nitrogens is 1. The van der Waals surface area contributed by atoms with Crippen LogP contribution in [-0.2, 0) is 16.1 Å². The van der Waals surface area contributed by atoms with Crippen molar-refractivity contribution in [1.29, 1.82) is 0 Å². The first-order valence-corrected chi connectivity index (χ1v) is 4.45. The summed E-state index contributed by atoms with van der Waals surface area (Å²) in [4.78, 5) is 22.2. The van der Waals surface area contributed by atoms with Gasteiger partial charge in [0.05, 0.1) is 18.4 Å². The van der Waals surface area contributed by atoms with E-state index in [-0.39, 0.29) is 16.2 Å². The molecule has 92 valence electrons. The van der Waals surface area contributed by atoms with E-state index in [9.17, 15) is 22.8 Å². The van der Waals surface area contributed by atoms with Crippen LogP contribution in [0.15, 0.2) is 6.20 Å². The number of fused-ring (bicyclic) bond motifs is 1. The number of carboxylic acids is 1. The van der Waals surface area contributed by atoms with E-state index < -0.39 is 30.6 Å². The van der Waals surface area contributed by atoms with Crippen LogP contribution in [0, 0.1) is 0 Å². The molecule has 1 amide bonds. The van der Waals surface area contributed by atoms with E-state index in [2.05, 4.69) is 10.2 Å². The van der Waals surface area contributed by atoms with Crippen LogP contribution < -0.4 is 0 Å². The average molecular weight is 249 g/mol. The lowest BCUT2D eigenvalue weighted by Crippen LogP contribution is -2.42. The highest BCUT2D eigenvalue weighted by Gasteiger charge is 2.50. The summed E-state index contributed by atoms with van der Waals surface area (Å²) in [6.07, 6.45) is -3.98. The van der Waals surface area contributed by atoms with Gasteiger partial charge in [-0.1, -0.05) is 0 Å². The van der Waals surface area contributed by atoms with Gasteiger partial charge in [0, 0.05) is 5.56 Å². The monoisotopic (exact) mass is 249 g/mol. The average Bonchev–Trinajstić information content (AvgIpc) is 2.71. The Bertz CT molecular complexity index is 482. The van der Waals surface area contributed by atoms with Crippen LogP contribution in [0.3, 0.4) is 0 Å². The third-order valence-corrected chi connectivity index (χ3v) is 2.42. The summed E-state index contributed by atoms with van der Waals surface area (Å²) in [7, 11) is 0. The highest BCUT2D eigenvalue weighted by Crippen LogP contribution is 2.35. The third-order valence-electron chi connectivity index (χ3n) is 2.42. The van der Waals surface area contributed by atoms with Gasteiger partial charge in [0.15, 0.2) is 6.04 Å². The number of aliphatic carboxylic acids is 1. The molecule has 1 aromatic rings. The summed E-state index contributed by atoms with van der Waals surface area (Å²) in [6.45, 7) is -0.440. The summed E-state index contributed by atoms with van der Waals surface area (Å²) in [5.41, 5.74) is 0.283. The normalized spacial score (nSPS) is 19.2. The Morgan fingerprint density at radius 1 is 1.53 bits per heavy atom. The number of aromatic amines is 1. The van der Waals surface area contributed by atoms with Crippen LogP contribution in [0.1, 0.15) is 17.3 Å². The SMILES string of the molecule is O=C(O)C1c2cn[nH]c2CN1C(=O)C(F)(F)F. The second-order valence-corrected chi connectivity index (χ2v) is 3.48. The number of rotatable bonds is 1. The van der Waals surface area contributed by atoms with Gasteiger partial charge >= 0.3 is 18.1 Å². The van der Waals surface area contributed by atoms with Gasteiger partial charge in [0.2, 0.25) is 0 Å². The van der Waals surface area contributed by atoms with E-state index in [1.54, 1.807) is 0 Å². The molecule has 0 saturated carbocycles. The molecule has 2 N–H and O–H groups in total. The maximum atomic E-state index is 12.3. The fourth-order valence-electron chi connectivity index (χ4n) is 1.73. The smallest absolute Gasteiger partial charge is 0.471 e. The molecule has 2 rings (SSSR count). The molecule has 17 heavy (non-hydrogen) atoms. The number of hydrogen-bond acceptors (Lipinski definition) is 3. The van der Waals surface area contributed by atoms with Gasteiger partial charge in [-0.15, -0.1) is 0 Å². The van der Waals surface area contributed by atoms with Crippen molar-refractivity contribution < 1.29 is 27.9 Å². The van der Waals surface area contributed by atoms with E-state index in [1.807, 2.05) is 0 Å². The topological polar surface area (TPSA) is 86.3 Å². The van der Waals surface area contributed by atoms with Crippen molar-refractivity contribution in [3.8, 4) is 0 Å². The van der Waals surface area contributed by atoms with Crippen molar-refractivity contribution >= 4 is 11.9 Å². The Kier molecular flexibility index (Phi) is 2.33. The highest BCUT2D eigenvalue weighted by molar-refractivity contribution is 5.89. The van der Waals surface area contributed by atoms with Crippen LogP contribution in [0.4, 0.5) is 13.2 Å². The number of nitrogens with one attached hydrogen (secondary N) is 1. The van der Waals surface area contributed by atoms with Crippen LogP contribution in [0.5, 0.6) is 0 Å². The Balaban J connectivity index is 2.36. The minimum Gasteiger partial charge on any atom is -0.479 e. The second-order valence-electron chi connectivity index (χ2n) is 3.48. The summed E-state index contributed by atoms with van der Waals surface area (Å²) >= 11 is 0. The van der Waals surface area contributed by atoms with E-state index in [0.717, 1.165) is 6.20 Å². The molecule has 0 aliphatic carbocycles. The predicted octanol–water partition coefficient (Wildman–Crippen LogP) is 0.440. The van der Waals surface area contributed by atoms with Crippen molar-refractivity contribution in [2.45, 2.75) is 18.8 Å². The molecule has 1 atom stereocenters. The molecule has 6 nitrogen and oxygen atoms in total. The zero-order chi connectivity index (χ0) is 12.8. The number of alkyl halides is 3. The zero-order valence-electron chi connectivity index (χ0n) is 8.15. The molecular formula is C8H6F3N3O3. The van der Waals surface area contributed by atoms with Gasteiger partial charge in [0.25, 0.3) is 0 Å². The molecule has 2 heterocycles. The molecule has 0 fully saturated rings. The first-order valence-electron chi connectivity index (χ1n) is 4.45. The molecule has 0 bridgehead atoms. The van der Waals surface area contributed by atoms with Crippen LogP contribution >= 0.6 is 0 Å². The van der Waals surface area contributed by atoms with Gasteiger partial charge in [-0.25, -0.2) is 4.79 Å². The molecule has 1 aromatic heterocycles. The Hall–Kier alpha value is -2.06. The standard InChI is InChI=1S/C8H6F3N3O3/c9-8(10,11)7(17)14-2-4-3(1-12-13-4)5(14)6(15)16/h1,5H,2H2,(H,12,13)(H,15,16). The van der Waals surface area contributed by atoms with Crippen molar-refractivity contribution in [2.24, 2.45) is 0 Å². The molecular weight excluding hydrogens is 243 g/mol. The molecule has 0 aromatic carbocycles. The quantitative estimate of drug-likeness (QED) is 0.756. The van der Waals surface area contributed by atoms with E-state index in [4.69, 9.17) is 5.11 Å². The second kappa shape index (κ2) is 3.47. The Morgan fingerprint density at radius 2 is 2.18 bits per heavy atom. The van der Waals surface area contributed by atoms with E-state index >= 15 is 0 Å². The minimum atomic E-state index is -5.09. The summed E-state index contributed by atoms with van der Waals surface area (Å²) in [5.74, 6) is -3.70. The first-order chi connectivity index (χ1) is 7.82. The number of carboxylic acid groups (broad SMARTS) is 1. The maximum absolute atomic E-state index is 12.3. The summed E-state index contributed by atoms with van der Waals surface area (Å²) in [5, 5.41) is 14.7. The van der Waals surface area contributed by atoms with Crippen molar-refractivity contribution in [1.82, 2.24) is 15.1 Å². The predicted molar refractivity (Wildman–Crippen MR) is 45.6 cm³/mol. The van der Waals surface area contributed by atoms with Gasteiger partial charge in [-0.2, -0.15) is 18.3 Å². The maximum Gasteiger partial charge on any atom is 0.471 e. The summed E-state index contributed by atoms with van der Waals surface area (Å²) in [6, 6.07) is -1.64. The Labute approximate surface area is 92.0 Å². The van der Waals surface area contributed by atoms with Crippen molar-refractivity contribution in [3.05, 3.63) is 17.5 Å². The number of carbonyl (C=O) groups is 2. The number of nitrogens with zero attached hydrogens (tertiary/aromatic N) is 2. The lowest BCUT2D eigenvalue weighted by Gasteiger charge is -2.22. The highest BCUT2D eigenvalue weighted by atomic mass is 19.4. The lowest BCUT2D eigenvalue weighted by atomic mass is 10.1. The number of amides is 1. The van der Waals surface area contributed by atoms with Gasteiger partial charge < -0.3 is 10.0 Å². The lowest BCUT2D eigenvalue weighted by molar-refractivity contribution is -0.189. The van der Waals surface area contributed by atoms with E-state index in [0.29, 0.717) is 0 Å². The largest absolute Gasteiger partial charge is 0.479 e. The van der Waals surface area contributed by atoms with E-state index in [1.165, 1.54) is 0 Å². The minimum absolute atomic E-state index is 0.0788. The third kappa shape index (κ3) is 1.73. The molecule has 0 saturated heterocycles. The fourth-order valence-corrected chi connectivity index (χ4v) is 1.73. The van der Waals surface area contributed by atoms with Crippen molar-refractivity contribution in [2.75, 3.05) is 0 Å². The number of aromatic nitrogens is 2. The van der Waals surface area contributed by atoms with Crippen LogP contribution in [-0.4, -0.2) is 38.3 Å². The molecule has 0 radical (unpaired) electrons. The molecule has 1 unspecified atom stereocenters. The molecule has 1 aliphatic rings. The first kappa shape index (κ1) is 11.4. The van der Waals surface area contributed by atoms with Crippen LogP contribution in [0.2, 0.25) is 0 Å². The molecule has 0 spiro atoms. The summed E-state index contributed by atoms with van der Waals surface area (Å²) < 4.78 is 36.8. The van der Waals surface area contributed by atoms with Gasteiger partial charge in [-0.3, -0.25) is 9.89 Å². The number of halogens is 3. The number of hydrogen-bond donors (Lipinski definition) is 2.